The maximum absolute atomic E-state index is 14.2. The first-order chi connectivity index (χ1) is 17.6. The number of hydrogen-bond donors (Lipinski definition) is 0. The highest BCUT2D eigenvalue weighted by Gasteiger charge is 2.32. The van der Waals surface area contributed by atoms with Crippen LogP contribution in [-0.4, -0.2) is 72.8 Å². The Bertz CT molecular complexity index is 1260. The van der Waals surface area contributed by atoms with Gasteiger partial charge in [-0.1, -0.05) is 36.4 Å². The van der Waals surface area contributed by atoms with Gasteiger partial charge in [-0.3, -0.25) is 9.59 Å². The molecule has 188 valence electrons. The van der Waals surface area contributed by atoms with Gasteiger partial charge in [-0.05, 0) is 31.9 Å². The summed E-state index contributed by atoms with van der Waals surface area (Å²) in [5, 5.41) is 10.5. The lowest BCUT2D eigenvalue weighted by molar-refractivity contribution is -0.149. The van der Waals surface area contributed by atoms with E-state index in [2.05, 4.69) is 15.1 Å². The van der Waals surface area contributed by atoms with Gasteiger partial charge >= 0.3 is 5.97 Å². The van der Waals surface area contributed by atoms with Gasteiger partial charge in [-0.2, -0.15) is 0 Å². The molecule has 0 spiro atoms. The van der Waals surface area contributed by atoms with Crippen LogP contribution in [0.3, 0.4) is 0 Å². The summed E-state index contributed by atoms with van der Waals surface area (Å²) in [5.41, 5.74) is 0.903. The number of carbonyl (C=O) groups is 2. The zero-order valence-corrected chi connectivity index (χ0v) is 20.4. The lowest BCUT2D eigenvalue weighted by Crippen LogP contribution is -2.47. The summed E-state index contributed by atoms with van der Waals surface area (Å²) in [6.45, 7) is 5.64. The van der Waals surface area contributed by atoms with E-state index in [1.807, 2.05) is 35.2 Å². The van der Waals surface area contributed by atoms with Gasteiger partial charge in [0.25, 0.3) is 5.91 Å². The number of carbonyl (C=O) groups excluding carboxylic acids is 2. The van der Waals surface area contributed by atoms with Crippen molar-refractivity contribution in [2.24, 2.45) is 5.92 Å². The predicted molar refractivity (Wildman–Crippen MR) is 136 cm³/mol. The number of anilines is 2. The molecule has 5 rings (SSSR count). The monoisotopic (exact) mass is 491 g/mol. The van der Waals surface area contributed by atoms with Crippen molar-refractivity contribution < 1.29 is 18.7 Å². The summed E-state index contributed by atoms with van der Waals surface area (Å²) in [6.07, 6.45) is 1.46. The molecule has 8 nitrogen and oxygen atoms in total. The number of fused-ring (bicyclic) bond motifs is 1. The quantitative estimate of drug-likeness (QED) is 0.506. The molecule has 0 saturated carbocycles. The zero-order valence-electron chi connectivity index (χ0n) is 20.4. The molecular weight excluding hydrogens is 461 g/mol. The Balaban J connectivity index is 1.36. The Morgan fingerprint density at radius 3 is 2.39 bits per heavy atom. The highest BCUT2D eigenvalue weighted by molar-refractivity contribution is 6.07. The van der Waals surface area contributed by atoms with Crippen molar-refractivity contribution in [2.45, 2.75) is 19.8 Å². The third-order valence-electron chi connectivity index (χ3n) is 6.97. The minimum atomic E-state index is -0.313. The van der Waals surface area contributed by atoms with Crippen molar-refractivity contribution in [3.05, 3.63) is 60.0 Å². The standard InChI is InChI=1S/C27H30FN5O3/c1-2-36-27(35)19-8-7-13-33(18-19)26(34)24-20-9-3-4-10-21(20)25(30-29-24)32-16-14-31(15-17-32)23-12-6-5-11-22(23)28/h3-6,9-12,19H,2,7-8,13-18H2,1H3/t19-/m0/s1. The summed E-state index contributed by atoms with van der Waals surface area (Å²) >= 11 is 0. The molecular formula is C27H30FN5O3. The number of piperidine rings is 1. The fourth-order valence-electron chi connectivity index (χ4n) is 5.11. The number of hydrogen-bond acceptors (Lipinski definition) is 7. The molecule has 2 saturated heterocycles. The van der Waals surface area contributed by atoms with Crippen LogP contribution in [0, 0.1) is 11.7 Å². The lowest BCUT2D eigenvalue weighted by Gasteiger charge is -2.37. The number of nitrogens with zero attached hydrogens (tertiary/aromatic N) is 5. The molecule has 0 bridgehead atoms. The van der Waals surface area contributed by atoms with E-state index in [4.69, 9.17) is 4.74 Å². The Morgan fingerprint density at radius 1 is 0.944 bits per heavy atom. The minimum Gasteiger partial charge on any atom is -0.466 e. The van der Waals surface area contributed by atoms with Crippen molar-refractivity contribution in [1.82, 2.24) is 15.1 Å². The zero-order chi connectivity index (χ0) is 25.1. The number of aromatic nitrogens is 2. The van der Waals surface area contributed by atoms with Gasteiger partial charge in [0.1, 0.15) is 5.82 Å². The van der Waals surface area contributed by atoms with Crippen LogP contribution in [0.15, 0.2) is 48.5 Å². The number of esters is 1. The number of benzene rings is 2. The number of amides is 1. The van der Waals surface area contributed by atoms with E-state index in [9.17, 15) is 14.0 Å². The van der Waals surface area contributed by atoms with Gasteiger partial charge in [-0.15, -0.1) is 10.2 Å². The van der Waals surface area contributed by atoms with Crippen LogP contribution in [-0.2, 0) is 9.53 Å². The average Bonchev–Trinajstić information content (AvgIpc) is 2.93. The van der Waals surface area contributed by atoms with Crippen molar-refractivity contribution in [3.8, 4) is 0 Å². The molecule has 1 amide bonds. The number of halogens is 1. The number of likely N-dealkylation sites (tertiary alicyclic amines) is 1. The smallest absolute Gasteiger partial charge is 0.310 e. The van der Waals surface area contributed by atoms with Crippen molar-refractivity contribution in [1.29, 1.82) is 0 Å². The van der Waals surface area contributed by atoms with Crippen molar-refractivity contribution in [2.75, 3.05) is 55.7 Å². The molecule has 0 unspecified atom stereocenters. The Hall–Kier alpha value is -3.75. The summed E-state index contributed by atoms with van der Waals surface area (Å²) in [5.74, 6) is -0.285. The molecule has 3 heterocycles. The number of piperazine rings is 1. The maximum atomic E-state index is 14.2. The van der Waals surface area contributed by atoms with E-state index in [0.29, 0.717) is 63.7 Å². The molecule has 2 fully saturated rings. The van der Waals surface area contributed by atoms with E-state index < -0.39 is 0 Å². The van der Waals surface area contributed by atoms with E-state index in [0.717, 1.165) is 23.0 Å². The predicted octanol–water partition coefficient (Wildman–Crippen LogP) is 3.51. The van der Waals surface area contributed by atoms with Crippen LogP contribution >= 0.6 is 0 Å². The van der Waals surface area contributed by atoms with Gasteiger partial charge in [0.15, 0.2) is 11.5 Å². The summed E-state index contributed by atoms with van der Waals surface area (Å²) in [4.78, 5) is 31.6. The minimum absolute atomic E-state index is 0.219. The molecule has 2 aliphatic heterocycles. The summed E-state index contributed by atoms with van der Waals surface area (Å²) in [7, 11) is 0. The number of ether oxygens (including phenoxy) is 1. The van der Waals surface area contributed by atoms with Crippen LogP contribution < -0.4 is 9.80 Å². The second-order valence-corrected chi connectivity index (χ2v) is 9.19. The summed E-state index contributed by atoms with van der Waals surface area (Å²) < 4.78 is 19.4. The van der Waals surface area contributed by atoms with Crippen LogP contribution in [0.1, 0.15) is 30.3 Å². The molecule has 0 aliphatic carbocycles. The number of para-hydroxylation sites is 1. The Kier molecular flexibility index (Phi) is 6.97. The molecule has 2 aliphatic rings. The lowest BCUT2D eigenvalue weighted by atomic mass is 9.97. The fourth-order valence-corrected chi connectivity index (χ4v) is 5.11. The van der Waals surface area contributed by atoms with Crippen molar-refractivity contribution >= 4 is 34.2 Å². The van der Waals surface area contributed by atoms with E-state index in [-0.39, 0.29) is 23.6 Å². The largest absolute Gasteiger partial charge is 0.466 e. The molecule has 2 aromatic carbocycles. The topological polar surface area (TPSA) is 78.9 Å². The number of rotatable bonds is 5. The normalized spacial score (nSPS) is 18.4. The molecule has 0 radical (unpaired) electrons. The SMILES string of the molecule is CCOC(=O)[C@H]1CCCN(C(=O)c2nnc(N3CCN(c4ccccc4F)CC3)c3ccccc23)C1. The van der Waals surface area contributed by atoms with Gasteiger partial charge < -0.3 is 19.4 Å². The van der Waals surface area contributed by atoms with Gasteiger partial charge in [0.05, 0.1) is 18.2 Å². The molecule has 9 heteroatoms. The highest BCUT2D eigenvalue weighted by atomic mass is 19.1. The van der Waals surface area contributed by atoms with E-state index in [1.54, 1.807) is 24.0 Å². The Labute approximate surface area is 209 Å². The maximum Gasteiger partial charge on any atom is 0.310 e. The highest BCUT2D eigenvalue weighted by Crippen LogP contribution is 2.29. The van der Waals surface area contributed by atoms with Crippen LogP contribution in [0.25, 0.3) is 10.8 Å². The van der Waals surface area contributed by atoms with Crippen LogP contribution in [0.4, 0.5) is 15.9 Å². The average molecular weight is 492 g/mol. The fraction of sp³-hybridized carbons (Fsp3) is 0.407. The van der Waals surface area contributed by atoms with E-state index >= 15 is 0 Å². The first-order valence-corrected chi connectivity index (χ1v) is 12.5. The van der Waals surface area contributed by atoms with Crippen molar-refractivity contribution in [3.63, 3.8) is 0 Å². The molecule has 1 aromatic heterocycles. The van der Waals surface area contributed by atoms with Gasteiger partial charge in [-0.25, -0.2) is 4.39 Å². The first kappa shape index (κ1) is 24.0. The van der Waals surface area contributed by atoms with Crippen LogP contribution in [0.5, 0.6) is 0 Å². The second-order valence-electron chi connectivity index (χ2n) is 9.19. The molecule has 0 N–H and O–H groups in total. The third kappa shape index (κ3) is 4.69. The van der Waals surface area contributed by atoms with Gasteiger partial charge in [0.2, 0.25) is 0 Å². The molecule has 1 atom stereocenters. The molecule has 3 aromatic rings. The first-order valence-electron chi connectivity index (χ1n) is 12.5. The third-order valence-corrected chi connectivity index (χ3v) is 6.97. The molecule has 36 heavy (non-hydrogen) atoms. The van der Waals surface area contributed by atoms with E-state index in [1.165, 1.54) is 6.07 Å². The Morgan fingerprint density at radius 2 is 1.64 bits per heavy atom. The second kappa shape index (κ2) is 10.5. The van der Waals surface area contributed by atoms with Gasteiger partial charge in [0, 0.05) is 50.0 Å². The summed E-state index contributed by atoms with van der Waals surface area (Å²) in [6, 6.07) is 14.5. The van der Waals surface area contributed by atoms with Crippen LogP contribution in [0.2, 0.25) is 0 Å².